The summed E-state index contributed by atoms with van der Waals surface area (Å²) >= 11 is 1.49. The van der Waals surface area contributed by atoms with Crippen LogP contribution in [0.15, 0.2) is 0 Å². The Kier molecular flexibility index (Phi) is 5.80. The molecule has 2 rings (SSSR count). The Morgan fingerprint density at radius 3 is 2.62 bits per heavy atom. The molecule has 2 heterocycles. The third kappa shape index (κ3) is 3.69. The van der Waals surface area contributed by atoms with Gasteiger partial charge in [0.15, 0.2) is 0 Å². The summed E-state index contributed by atoms with van der Waals surface area (Å²) in [4.78, 5) is 37.6. The van der Waals surface area contributed by atoms with Gasteiger partial charge in [0.05, 0.1) is 0 Å². The molecule has 0 radical (unpaired) electrons. The molecule has 0 aromatic rings. The van der Waals surface area contributed by atoms with Gasteiger partial charge in [0.25, 0.3) is 0 Å². The Bertz CT molecular complexity index is 525. The zero-order valence-electron chi connectivity index (χ0n) is 14.6. The van der Waals surface area contributed by atoms with Crippen LogP contribution in [0.2, 0.25) is 0 Å². The van der Waals surface area contributed by atoms with E-state index in [-0.39, 0.29) is 17.3 Å². The molecule has 7 nitrogen and oxygen atoms in total. The molecule has 2 fully saturated rings. The van der Waals surface area contributed by atoms with Gasteiger partial charge in [-0.05, 0) is 20.3 Å². The lowest BCUT2D eigenvalue weighted by Gasteiger charge is -2.42. The largest absolute Gasteiger partial charge is 0.425 e. The van der Waals surface area contributed by atoms with E-state index >= 15 is 0 Å². The summed E-state index contributed by atoms with van der Waals surface area (Å²) in [5.74, 6) is -1.20. The molecule has 0 bridgehead atoms. The minimum Gasteiger partial charge on any atom is -0.425 e. The molecule has 8 heteroatoms. The zero-order valence-corrected chi connectivity index (χ0v) is 15.4. The van der Waals surface area contributed by atoms with E-state index in [1.54, 1.807) is 0 Å². The minimum absolute atomic E-state index is 0.197. The van der Waals surface area contributed by atoms with Gasteiger partial charge in [-0.3, -0.25) is 9.59 Å². The quantitative estimate of drug-likeness (QED) is 0.318. The third-order valence-electron chi connectivity index (χ3n) is 4.27. The topological polar surface area (TPSA) is 98.9 Å². The van der Waals surface area contributed by atoms with Gasteiger partial charge in [-0.25, -0.2) is 4.79 Å². The number of nitrogens with two attached hydrogens (primary N) is 1. The molecule has 0 saturated carbocycles. The van der Waals surface area contributed by atoms with E-state index in [0.717, 1.165) is 19.3 Å². The molecule has 2 aliphatic rings. The highest BCUT2D eigenvalue weighted by atomic mass is 32.2. The van der Waals surface area contributed by atoms with E-state index in [0.29, 0.717) is 6.42 Å². The van der Waals surface area contributed by atoms with Crippen LogP contribution in [0.5, 0.6) is 0 Å². The van der Waals surface area contributed by atoms with E-state index in [1.807, 2.05) is 20.8 Å². The van der Waals surface area contributed by atoms with Crippen LogP contribution in [0.1, 0.15) is 53.4 Å². The highest BCUT2D eigenvalue weighted by molar-refractivity contribution is 8.01. The molecule has 24 heavy (non-hydrogen) atoms. The summed E-state index contributed by atoms with van der Waals surface area (Å²) in [7, 11) is 0. The molecule has 0 aromatic heterocycles. The van der Waals surface area contributed by atoms with Crippen LogP contribution in [0.3, 0.4) is 0 Å². The lowest BCUT2D eigenvalue weighted by molar-refractivity contribution is -0.191. The molecule has 0 aliphatic carbocycles. The summed E-state index contributed by atoms with van der Waals surface area (Å²) in [5, 5.41) is -0.197. The molecule has 0 aromatic carbocycles. The number of thioether (sulfide) groups is 1. The fourth-order valence-electron chi connectivity index (χ4n) is 3.04. The first kappa shape index (κ1) is 19.1. The molecule has 2 saturated heterocycles. The van der Waals surface area contributed by atoms with Gasteiger partial charge in [-0.1, -0.05) is 19.8 Å². The van der Waals surface area contributed by atoms with Crippen molar-refractivity contribution in [2.75, 3.05) is 0 Å². The number of nitrogens with zero attached hydrogens (tertiary/aromatic N) is 1. The number of hydrogen-bond donors (Lipinski definition) is 1. The number of hydrogen-bond acceptors (Lipinski definition) is 7. The van der Waals surface area contributed by atoms with E-state index in [2.05, 4.69) is 0 Å². The van der Waals surface area contributed by atoms with Crippen molar-refractivity contribution in [3.8, 4) is 0 Å². The molecule has 4 atom stereocenters. The van der Waals surface area contributed by atoms with Crippen molar-refractivity contribution in [3.63, 3.8) is 0 Å². The summed E-state index contributed by atoms with van der Waals surface area (Å²) in [5.41, 5.74) is 5.78. The molecule has 0 spiro atoms. The Labute approximate surface area is 146 Å². The van der Waals surface area contributed by atoms with Gasteiger partial charge >= 0.3 is 11.9 Å². The number of esters is 2. The lowest BCUT2D eigenvalue weighted by atomic mass is 9.96. The standard InChI is InChI=1S/C16H26N2O5S/c1-5-6-7-8-10(19)22-9(2)23-15(21)12-16(3,4)24-14-11(17)13(20)18(12)14/h9,11-12,14H,5-8,17H2,1-4H3/t9?,11-,12+,14-/m1/s1. The zero-order chi connectivity index (χ0) is 18.1. The van der Waals surface area contributed by atoms with Crippen LogP contribution in [-0.2, 0) is 23.9 Å². The van der Waals surface area contributed by atoms with Crippen LogP contribution in [-0.4, -0.2) is 51.2 Å². The number of ether oxygens (including phenoxy) is 2. The van der Waals surface area contributed by atoms with Crippen molar-refractivity contribution in [3.05, 3.63) is 0 Å². The van der Waals surface area contributed by atoms with Crippen molar-refractivity contribution in [1.29, 1.82) is 0 Å². The summed E-state index contributed by atoms with van der Waals surface area (Å²) in [6.07, 6.45) is 2.05. The molecule has 136 valence electrons. The first-order valence-electron chi connectivity index (χ1n) is 8.34. The normalized spacial score (nSPS) is 28.8. The van der Waals surface area contributed by atoms with Crippen LogP contribution < -0.4 is 5.73 Å². The number of fused-ring (bicyclic) bond motifs is 1. The predicted molar refractivity (Wildman–Crippen MR) is 89.9 cm³/mol. The van der Waals surface area contributed by atoms with Gasteiger partial charge in [-0.15, -0.1) is 11.8 Å². The van der Waals surface area contributed by atoms with Crippen molar-refractivity contribution in [2.45, 2.75) is 81.9 Å². The van der Waals surface area contributed by atoms with Crippen LogP contribution in [0, 0.1) is 0 Å². The summed E-state index contributed by atoms with van der Waals surface area (Å²) in [6.45, 7) is 7.31. The van der Waals surface area contributed by atoms with Crippen LogP contribution >= 0.6 is 11.8 Å². The second kappa shape index (κ2) is 7.31. The van der Waals surface area contributed by atoms with E-state index < -0.39 is 29.1 Å². The van der Waals surface area contributed by atoms with Crippen molar-refractivity contribution in [2.24, 2.45) is 5.73 Å². The van der Waals surface area contributed by atoms with Gasteiger partial charge in [0.2, 0.25) is 12.2 Å². The predicted octanol–water partition coefficient (Wildman–Crippen LogP) is 1.39. The van der Waals surface area contributed by atoms with Gasteiger partial charge in [-0.2, -0.15) is 0 Å². The van der Waals surface area contributed by atoms with Crippen LogP contribution in [0.25, 0.3) is 0 Å². The van der Waals surface area contributed by atoms with Crippen molar-refractivity contribution >= 4 is 29.6 Å². The smallest absolute Gasteiger partial charge is 0.333 e. The Morgan fingerprint density at radius 1 is 1.33 bits per heavy atom. The Balaban J connectivity index is 1.89. The van der Waals surface area contributed by atoms with Crippen LogP contribution in [0.4, 0.5) is 0 Å². The lowest BCUT2D eigenvalue weighted by Crippen LogP contribution is -2.69. The highest BCUT2D eigenvalue weighted by Gasteiger charge is 2.63. The first-order chi connectivity index (χ1) is 11.2. The number of carbonyl (C=O) groups excluding carboxylic acids is 3. The van der Waals surface area contributed by atoms with Gasteiger partial charge < -0.3 is 20.1 Å². The number of β-lactam (4-membered cyclic amide) rings is 1. The third-order valence-corrected chi connectivity index (χ3v) is 5.86. The molecule has 1 amide bonds. The van der Waals surface area contributed by atoms with Gasteiger partial charge in [0, 0.05) is 18.1 Å². The van der Waals surface area contributed by atoms with Crippen molar-refractivity contribution in [1.82, 2.24) is 4.90 Å². The first-order valence-corrected chi connectivity index (χ1v) is 9.22. The summed E-state index contributed by atoms with van der Waals surface area (Å²) in [6, 6.07) is -1.29. The highest BCUT2D eigenvalue weighted by Crippen LogP contribution is 2.50. The fourth-order valence-corrected chi connectivity index (χ4v) is 4.60. The summed E-state index contributed by atoms with van der Waals surface area (Å²) < 4.78 is 9.86. The van der Waals surface area contributed by atoms with E-state index in [1.165, 1.54) is 23.6 Å². The maximum atomic E-state index is 12.5. The fraction of sp³-hybridized carbons (Fsp3) is 0.812. The number of amides is 1. The maximum absolute atomic E-state index is 12.5. The molecular weight excluding hydrogens is 332 g/mol. The number of unbranched alkanes of at least 4 members (excludes halogenated alkanes) is 2. The molecule has 2 N–H and O–H groups in total. The Morgan fingerprint density at radius 2 is 2.00 bits per heavy atom. The van der Waals surface area contributed by atoms with E-state index in [4.69, 9.17) is 15.2 Å². The number of rotatable bonds is 7. The number of carbonyl (C=O) groups is 3. The molecule has 2 aliphatic heterocycles. The maximum Gasteiger partial charge on any atom is 0.333 e. The molecular formula is C16H26N2O5S. The average molecular weight is 358 g/mol. The average Bonchev–Trinajstić information content (AvgIpc) is 2.75. The van der Waals surface area contributed by atoms with E-state index in [9.17, 15) is 14.4 Å². The van der Waals surface area contributed by atoms with Gasteiger partial charge in [0.1, 0.15) is 17.5 Å². The second-order valence-corrected chi connectivity index (χ2v) is 8.51. The monoisotopic (exact) mass is 358 g/mol. The SMILES string of the molecule is CCCCCC(=O)OC(C)OC(=O)[C@@H]1N2C(=O)[C@@H](N)[C@H]2SC1(C)C. The Hall–Kier alpha value is -1.28. The second-order valence-electron chi connectivity index (χ2n) is 6.74. The minimum atomic E-state index is -0.975. The van der Waals surface area contributed by atoms with Crippen molar-refractivity contribution < 1.29 is 23.9 Å². The molecule has 1 unspecified atom stereocenters.